The van der Waals surface area contributed by atoms with Crippen molar-refractivity contribution in [1.29, 1.82) is 0 Å². The molecule has 140 valence electrons. The van der Waals surface area contributed by atoms with E-state index in [1.54, 1.807) is 18.3 Å². The SMILES string of the molecule is CC(C)c1ccc(Nc2ccc(NS(=O)(=O)c3ccc(F)cc3)nc2)cc1. The Bertz CT molecular complexity index is 1000. The highest BCUT2D eigenvalue weighted by molar-refractivity contribution is 7.92. The first-order valence-corrected chi connectivity index (χ1v) is 9.93. The average Bonchev–Trinajstić information content (AvgIpc) is 2.64. The fourth-order valence-corrected chi connectivity index (χ4v) is 3.46. The number of rotatable bonds is 6. The smallest absolute Gasteiger partial charge is 0.263 e. The molecular formula is C20H20FN3O2S. The van der Waals surface area contributed by atoms with Crippen LogP contribution >= 0.6 is 0 Å². The van der Waals surface area contributed by atoms with Gasteiger partial charge in [-0.2, -0.15) is 0 Å². The molecule has 0 fully saturated rings. The van der Waals surface area contributed by atoms with Gasteiger partial charge >= 0.3 is 0 Å². The van der Waals surface area contributed by atoms with E-state index in [1.165, 1.54) is 17.7 Å². The maximum Gasteiger partial charge on any atom is 0.263 e. The van der Waals surface area contributed by atoms with Gasteiger partial charge in [0.25, 0.3) is 10.0 Å². The van der Waals surface area contributed by atoms with Gasteiger partial charge in [0.1, 0.15) is 11.6 Å². The Morgan fingerprint density at radius 3 is 2.07 bits per heavy atom. The molecule has 0 aliphatic rings. The number of anilines is 3. The van der Waals surface area contributed by atoms with Crippen molar-refractivity contribution in [2.75, 3.05) is 10.0 Å². The van der Waals surface area contributed by atoms with E-state index < -0.39 is 15.8 Å². The molecule has 3 rings (SSSR count). The lowest BCUT2D eigenvalue weighted by Gasteiger charge is -2.10. The molecule has 27 heavy (non-hydrogen) atoms. The Morgan fingerprint density at radius 1 is 0.889 bits per heavy atom. The van der Waals surface area contributed by atoms with Crippen LogP contribution in [0.1, 0.15) is 25.3 Å². The van der Waals surface area contributed by atoms with Crippen LogP contribution in [0.2, 0.25) is 0 Å². The lowest BCUT2D eigenvalue weighted by molar-refractivity contribution is 0.599. The van der Waals surface area contributed by atoms with E-state index in [-0.39, 0.29) is 10.7 Å². The van der Waals surface area contributed by atoms with Crippen molar-refractivity contribution in [1.82, 2.24) is 4.98 Å². The van der Waals surface area contributed by atoms with E-state index in [1.807, 2.05) is 12.1 Å². The molecule has 7 heteroatoms. The number of halogens is 1. The molecular weight excluding hydrogens is 365 g/mol. The largest absolute Gasteiger partial charge is 0.354 e. The monoisotopic (exact) mass is 385 g/mol. The van der Waals surface area contributed by atoms with Crippen LogP contribution in [-0.4, -0.2) is 13.4 Å². The second kappa shape index (κ2) is 7.75. The lowest BCUT2D eigenvalue weighted by atomic mass is 10.0. The van der Waals surface area contributed by atoms with Gasteiger partial charge in [-0.3, -0.25) is 4.72 Å². The zero-order valence-corrected chi connectivity index (χ0v) is 15.8. The van der Waals surface area contributed by atoms with Crippen molar-refractivity contribution in [3.63, 3.8) is 0 Å². The fourth-order valence-electron chi connectivity index (χ4n) is 2.46. The van der Waals surface area contributed by atoms with Gasteiger partial charge < -0.3 is 5.32 Å². The maximum atomic E-state index is 13.0. The summed E-state index contributed by atoms with van der Waals surface area (Å²) in [4.78, 5) is 4.09. The highest BCUT2D eigenvalue weighted by Crippen LogP contribution is 2.21. The highest BCUT2D eigenvalue weighted by Gasteiger charge is 2.14. The third kappa shape index (κ3) is 4.83. The van der Waals surface area contributed by atoms with Crippen LogP contribution in [0.25, 0.3) is 0 Å². The van der Waals surface area contributed by atoms with Gasteiger partial charge in [0.15, 0.2) is 0 Å². The molecule has 0 bridgehead atoms. The number of benzene rings is 2. The summed E-state index contributed by atoms with van der Waals surface area (Å²) >= 11 is 0. The summed E-state index contributed by atoms with van der Waals surface area (Å²) in [6.07, 6.45) is 1.54. The molecule has 0 aliphatic heterocycles. The van der Waals surface area contributed by atoms with Crippen molar-refractivity contribution < 1.29 is 12.8 Å². The number of nitrogens with zero attached hydrogens (tertiary/aromatic N) is 1. The summed E-state index contributed by atoms with van der Waals surface area (Å²) in [6.45, 7) is 4.27. The normalized spacial score (nSPS) is 11.4. The van der Waals surface area contributed by atoms with Crippen LogP contribution in [0.3, 0.4) is 0 Å². The molecule has 0 spiro atoms. The van der Waals surface area contributed by atoms with Crippen LogP contribution in [0.5, 0.6) is 0 Å². The molecule has 1 heterocycles. The number of sulfonamides is 1. The van der Waals surface area contributed by atoms with E-state index in [2.05, 4.69) is 41.0 Å². The van der Waals surface area contributed by atoms with Crippen molar-refractivity contribution in [3.8, 4) is 0 Å². The van der Waals surface area contributed by atoms with Gasteiger partial charge in [-0.25, -0.2) is 17.8 Å². The topological polar surface area (TPSA) is 71.1 Å². The van der Waals surface area contributed by atoms with E-state index in [4.69, 9.17) is 0 Å². The predicted octanol–water partition coefficient (Wildman–Crippen LogP) is 4.89. The lowest BCUT2D eigenvalue weighted by Crippen LogP contribution is -2.13. The van der Waals surface area contributed by atoms with E-state index in [0.717, 1.165) is 23.5 Å². The summed E-state index contributed by atoms with van der Waals surface area (Å²) < 4.78 is 39.9. The van der Waals surface area contributed by atoms with E-state index >= 15 is 0 Å². The van der Waals surface area contributed by atoms with Crippen LogP contribution in [-0.2, 0) is 10.0 Å². The first-order chi connectivity index (χ1) is 12.8. The van der Waals surface area contributed by atoms with Crippen LogP contribution < -0.4 is 10.0 Å². The summed E-state index contributed by atoms with van der Waals surface area (Å²) in [7, 11) is -3.81. The maximum absolute atomic E-state index is 13.0. The second-order valence-electron chi connectivity index (χ2n) is 6.39. The molecule has 5 nitrogen and oxygen atoms in total. The summed E-state index contributed by atoms with van der Waals surface area (Å²) in [5.74, 6) is 0.151. The Kier molecular flexibility index (Phi) is 5.41. The summed E-state index contributed by atoms with van der Waals surface area (Å²) in [6, 6.07) is 16.0. The Morgan fingerprint density at radius 2 is 1.52 bits per heavy atom. The zero-order valence-electron chi connectivity index (χ0n) is 15.0. The average molecular weight is 385 g/mol. The third-order valence-corrected chi connectivity index (χ3v) is 5.36. The first kappa shape index (κ1) is 18.8. The van der Waals surface area contributed by atoms with Crippen molar-refractivity contribution >= 4 is 27.2 Å². The van der Waals surface area contributed by atoms with Gasteiger partial charge in [0.05, 0.1) is 16.8 Å². The van der Waals surface area contributed by atoms with Crippen LogP contribution in [0.4, 0.5) is 21.6 Å². The predicted molar refractivity (Wildman–Crippen MR) is 105 cm³/mol. The molecule has 2 aromatic carbocycles. The third-order valence-electron chi connectivity index (χ3n) is 3.99. The number of hydrogen-bond donors (Lipinski definition) is 2. The number of aromatic nitrogens is 1. The minimum absolute atomic E-state index is 0.0295. The number of nitrogens with one attached hydrogen (secondary N) is 2. The van der Waals surface area contributed by atoms with Crippen LogP contribution in [0.15, 0.2) is 71.8 Å². The Labute approximate surface area is 158 Å². The molecule has 2 N–H and O–H groups in total. The Hall–Kier alpha value is -2.93. The number of pyridine rings is 1. The number of hydrogen-bond acceptors (Lipinski definition) is 4. The first-order valence-electron chi connectivity index (χ1n) is 8.45. The van der Waals surface area contributed by atoms with E-state index in [0.29, 0.717) is 5.92 Å². The van der Waals surface area contributed by atoms with Crippen LogP contribution in [0, 0.1) is 5.82 Å². The quantitative estimate of drug-likeness (QED) is 0.634. The summed E-state index contributed by atoms with van der Waals surface area (Å²) in [5, 5.41) is 3.22. The second-order valence-corrected chi connectivity index (χ2v) is 8.08. The fraction of sp³-hybridized carbons (Fsp3) is 0.150. The minimum Gasteiger partial charge on any atom is -0.354 e. The summed E-state index contributed by atoms with van der Waals surface area (Å²) in [5.41, 5.74) is 2.90. The molecule has 0 unspecified atom stereocenters. The molecule has 0 saturated carbocycles. The van der Waals surface area contributed by atoms with Gasteiger partial charge in [0.2, 0.25) is 0 Å². The van der Waals surface area contributed by atoms with Gasteiger partial charge in [-0.05, 0) is 60.0 Å². The van der Waals surface area contributed by atoms with Gasteiger partial charge in [-0.15, -0.1) is 0 Å². The van der Waals surface area contributed by atoms with Crippen molar-refractivity contribution in [2.24, 2.45) is 0 Å². The van der Waals surface area contributed by atoms with Gasteiger partial charge in [0, 0.05) is 5.69 Å². The molecule has 0 saturated heterocycles. The molecule has 1 aromatic heterocycles. The molecule has 3 aromatic rings. The molecule has 0 radical (unpaired) electrons. The molecule has 0 aliphatic carbocycles. The van der Waals surface area contributed by atoms with E-state index in [9.17, 15) is 12.8 Å². The van der Waals surface area contributed by atoms with Crippen molar-refractivity contribution in [3.05, 3.63) is 78.2 Å². The van der Waals surface area contributed by atoms with Gasteiger partial charge in [-0.1, -0.05) is 26.0 Å². The minimum atomic E-state index is -3.81. The zero-order chi connectivity index (χ0) is 19.4. The molecule has 0 amide bonds. The standard InChI is InChI=1S/C20H20FN3O2S/c1-14(2)15-3-7-17(8-4-15)23-18-9-12-20(22-13-18)24-27(25,26)19-10-5-16(21)6-11-19/h3-14,23H,1-2H3,(H,22,24). The Balaban J connectivity index is 1.68. The molecule has 0 atom stereocenters. The van der Waals surface area contributed by atoms with Crippen molar-refractivity contribution in [2.45, 2.75) is 24.7 Å². The highest BCUT2D eigenvalue weighted by atomic mass is 32.2.